The lowest BCUT2D eigenvalue weighted by Gasteiger charge is -2.25. The first-order chi connectivity index (χ1) is 34.5. The van der Waals surface area contributed by atoms with Crippen LogP contribution in [-0.4, -0.2) is 73.4 Å². The fourth-order valence-electron chi connectivity index (χ4n) is 8.43. The molecule has 3 unspecified atom stereocenters. The third kappa shape index (κ3) is 55.5. The van der Waals surface area contributed by atoms with Crippen molar-refractivity contribution in [3.63, 3.8) is 0 Å². The molecule has 0 aromatic carbocycles. The molecule has 0 aromatic rings. The zero-order valence-electron chi connectivity index (χ0n) is 47.2. The van der Waals surface area contributed by atoms with Gasteiger partial charge >= 0.3 is 7.82 Å². The molecule has 8 nitrogen and oxygen atoms in total. The maximum atomic E-state index is 13.0. The Bertz CT molecular complexity index is 1380. The number of amides is 1. The van der Waals surface area contributed by atoms with Gasteiger partial charge in [0.2, 0.25) is 5.91 Å². The minimum atomic E-state index is -4.36. The smallest absolute Gasteiger partial charge is 0.387 e. The van der Waals surface area contributed by atoms with Crippen molar-refractivity contribution in [3.05, 3.63) is 72.9 Å². The van der Waals surface area contributed by atoms with E-state index in [-0.39, 0.29) is 19.1 Å². The highest BCUT2D eigenvalue weighted by molar-refractivity contribution is 7.47. The summed E-state index contributed by atoms with van der Waals surface area (Å²) in [4.78, 5) is 23.3. The van der Waals surface area contributed by atoms with E-state index >= 15 is 0 Å². The van der Waals surface area contributed by atoms with Crippen molar-refractivity contribution in [2.75, 3.05) is 40.9 Å². The SMILES string of the molecule is CCCCCCC/C=C\C/C=C\C/C=C\CCCCCCCCCCCCCCCCC(=O)NC(COP(=O)(O)OCC[N+](C)(C)C)C(O)/C=C/CC/C=C/CC/C=C/CCCCCCCCCCCC. The van der Waals surface area contributed by atoms with E-state index in [1.807, 2.05) is 27.2 Å². The number of hydrogen-bond donors (Lipinski definition) is 3. The Morgan fingerprint density at radius 3 is 1.23 bits per heavy atom. The molecule has 0 aromatic heterocycles. The molecule has 9 heteroatoms. The van der Waals surface area contributed by atoms with Gasteiger partial charge in [0, 0.05) is 6.42 Å². The van der Waals surface area contributed by atoms with Crippen molar-refractivity contribution in [3.8, 4) is 0 Å². The number of allylic oxidation sites excluding steroid dienone is 11. The van der Waals surface area contributed by atoms with Gasteiger partial charge in [-0.25, -0.2) is 4.57 Å². The Balaban J connectivity index is 4.22. The zero-order chi connectivity index (χ0) is 52.0. The van der Waals surface area contributed by atoms with Gasteiger partial charge in [0.1, 0.15) is 13.2 Å². The monoisotopic (exact) mass is 1020 g/mol. The maximum absolute atomic E-state index is 13.0. The number of carbonyl (C=O) groups excluding carboxylic acids is 1. The van der Waals surface area contributed by atoms with Crippen LogP contribution < -0.4 is 5.32 Å². The van der Waals surface area contributed by atoms with Crippen molar-refractivity contribution >= 4 is 13.7 Å². The molecule has 0 fully saturated rings. The molecule has 0 rings (SSSR count). The molecule has 3 N–H and O–H groups in total. The van der Waals surface area contributed by atoms with E-state index in [4.69, 9.17) is 9.05 Å². The average Bonchev–Trinajstić information content (AvgIpc) is 3.33. The fourth-order valence-corrected chi connectivity index (χ4v) is 9.17. The van der Waals surface area contributed by atoms with Gasteiger partial charge in [0.25, 0.3) is 0 Å². The molecule has 0 bridgehead atoms. The maximum Gasteiger partial charge on any atom is 0.472 e. The first-order valence-electron chi connectivity index (χ1n) is 29.8. The minimum Gasteiger partial charge on any atom is -0.387 e. The number of unbranched alkanes of at least 4 members (excludes halogenated alkanes) is 31. The molecule has 414 valence electrons. The largest absolute Gasteiger partial charge is 0.472 e. The minimum absolute atomic E-state index is 0.0514. The topological polar surface area (TPSA) is 105 Å². The molecular weight excluding hydrogens is 900 g/mol. The van der Waals surface area contributed by atoms with E-state index in [0.29, 0.717) is 17.4 Å². The second-order valence-electron chi connectivity index (χ2n) is 21.3. The van der Waals surface area contributed by atoms with E-state index in [1.165, 1.54) is 186 Å². The standard InChI is InChI=1S/C62H115N2O6P/c1-6-8-10-12-14-16-18-20-22-24-26-28-29-30-31-32-33-34-35-36-38-40-42-44-46-48-50-52-54-56-62(66)63-60(59-70-71(67,68)69-58-57-64(3,4)5)61(65)55-53-51-49-47-45-43-41-39-37-27-25-23-21-19-17-15-13-11-9-7-2/h18,20,24,26,29-30,37,39,45,47,53,55,60-61,65H,6-17,19,21-23,25,27-28,31-36,38,40-44,46,48-52,54,56-59H2,1-5H3,(H-,63,66,67,68)/p+1/b20-18-,26-24-,30-29-,39-37+,47-45+,55-53+. The summed E-state index contributed by atoms with van der Waals surface area (Å²) in [7, 11) is 1.54. The van der Waals surface area contributed by atoms with Crippen molar-refractivity contribution < 1.29 is 32.9 Å². The second kappa shape index (κ2) is 52.8. The summed E-state index contributed by atoms with van der Waals surface area (Å²) in [6.07, 6.45) is 72.9. The number of aliphatic hydroxyl groups is 1. The number of aliphatic hydroxyl groups excluding tert-OH is 1. The van der Waals surface area contributed by atoms with Gasteiger partial charge in [0.05, 0.1) is 39.9 Å². The number of likely N-dealkylation sites (N-methyl/N-ethyl adjacent to an activating group) is 1. The van der Waals surface area contributed by atoms with E-state index in [9.17, 15) is 19.4 Å². The predicted molar refractivity (Wildman–Crippen MR) is 309 cm³/mol. The lowest BCUT2D eigenvalue weighted by Crippen LogP contribution is -2.45. The Kier molecular flexibility index (Phi) is 51.3. The van der Waals surface area contributed by atoms with Crippen LogP contribution in [0.25, 0.3) is 0 Å². The van der Waals surface area contributed by atoms with Crippen molar-refractivity contribution in [1.82, 2.24) is 5.32 Å². The molecule has 0 radical (unpaired) electrons. The summed E-state index contributed by atoms with van der Waals surface area (Å²) in [6, 6.07) is -0.874. The number of hydrogen-bond acceptors (Lipinski definition) is 5. The van der Waals surface area contributed by atoms with Gasteiger partial charge in [0.15, 0.2) is 0 Å². The molecule has 0 aliphatic heterocycles. The highest BCUT2D eigenvalue weighted by Crippen LogP contribution is 2.43. The number of phosphoric acid groups is 1. The fraction of sp³-hybridized carbons (Fsp3) is 0.790. The number of quaternary nitrogens is 1. The van der Waals surface area contributed by atoms with Crippen molar-refractivity contribution in [2.45, 2.75) is 276 Å². The van der Waals surface area contributed by atoms with Gasteiger partial charge in [-0.2, -0.15) is 0 Å². The number of nitrogens with one attached hydrogen (secondary N) is 1. The summed E-state index contributed by atoms with van der Waals surface area (Å²) in [5.41, 5.74) is 0. The zero-order valence-corrected chi connectivity index (χ0v) is 48.1. The summed E-state index contributed by atoms with van der Waals surface area (Å²) in [5, 5.41) is 13.9. The van der Waals surface area contributed by atoms with Gasteiger partial charge in [-0.3, -0.25) is 13.8 Å². The molecule has 0 aliphatic rings. The van der Waals surface area contributed by atoms with E-state index in [2.05, 4.69) is 79.9 Å². The second-order valence-corrected chi connectivity index (χ2v) is 22.8. The Labute approximate surface area is 440 Å². The number of phosphoric ester groups is 1. The first-order valence-corrected chi connectivity index (χ1v) is 31.3. The van der Waals surface area contributed by atoms with Crippen LogP contribution >= 0.6 is 7.82 Å². The Morgan fingerprint density at radius 1 is 0.479 bits per heavy atom. The lowest BCUT2D eigenvalue weighted by atomic mass is 10.0. The van der Waals surface area contributed by atoms with Crippen LogP contribution in [0.5, 0.6) is 0 Å². The normalized spacial score (nSPS) is 14.4. The molecule has 1 amide bonds. The molecule has 0 heterocycles. The molecule has 3 atom stereocenters. The molecule has 0 saturated carbocycles. The van der Waals surface area contributed by atoms with Crippen molar-refractivity contribution in [2.24, 2.45) is 0 Å². The van der Waals surface area contributed by atoms with Crippen LogP contribution in [0.2, 0.25) is 0 Å². The molecule has 0 saturated heterocycles. The van der Waals surface area contributed by atoms with Crippen molar-refractivity contribution in [1.29, 1.82) is 0 Å². The Morgan fingerprint density at radius 2 is 0.817 bits per heavy atom. The number of carbonyl (C=O) groups is 1. The van der Waals surface area contributed by atoms with Gasteiger partial charge in [-0.15, -0.1) is 0 Å². The van der Waals surface area contributed by atoms with Gasteiger partial charge in [-0.1, -0.05) is 247 Å². The summed E-state index contributed by atoms with van der Waals surface area (Å²) >= 11 is 0. The number of nitrogens with zero attached hydrogens (tertiary/aromatic N) is 1. The predicted octanol–water partition coefficient (Wildman–Crippen LogP) is 18.3. The molecular formula is C62H116N2O6P+. The van der Waals surface area contributed by atoms with Crippen LogP contribution in [0.15, 0.2) is 72.9 Å². The quantitative estimate of drug-likeness (QED) is 0.0243. The molecule has 0 spiro atoms. The highest BCUT2D eigenvalue weighted by Gasteiger charge is 2.27. The molecule has 71 heavy (non-hydrogen) atoms. The Hall–Kier alpha value is -2.06. The lowest BCUT2D eigenvalue weighted by molar-refractivity contribution is -0.870. The van der Waals surface area contributed by atoms with Gasteiger partial charge < -0.3 is 19.8 Å². The summed E-state index contributed by atoms with van der Waals surface area (Å²) in [6.45, 7) is 4.79. The molecule has 0 aliphatic carbocycles. The van der Waals surface area contributed by atoms with Crippen LogP contribution in [0.3, 0.4) is 0 Å². The first kappa shape index (κ1) is 68.9. The summed E-state index contributed by atoms with van der Waals surface area (Å²) in [5.74, 6) is -0.192. The van der Waals surface area contributed by atoms with Crippen LogP contribution in [0, 0.1) is 0 Å². The average molecular weight is 1020 g/mol. The number of rotatable bonds is 54. The van der Waals surface area contributed by atoms with E-state index in [1.54, 1.807) is 6.08 Å². The third-order valence-electron chi connectivity index (χ3n) is 13.1. The van der Waals surface area contributed by atoms with Crippen LogP contribution in [0.4, 0.5) is 0 Å². The third-order valence-corrected chi connectivity index (χ3v) is 14.1. The van der Waals surface area contributed by atoms with Crippen LogP contribution in [0.1, 0.15) is 264 Å². The van der Waals surface area contributed by atoms with Crippen LogP contribution in [-0.2, 0) is 18.4 Å². The van der Waals surface area contributed by atoms with Gasteiger partial charge in [-0.05, 0) is 83.5 Å². The highest BCUT2D eigenvalue weighted by atomic mass is 31.2. The van der Waals surface area contributed by atoms with E-state index < -0.39 is 20.0 Å². The van der Waals surface area contributed by atoms with E-state index in [0.717, 1.165) is 57.8 Å². The summed E-state index contributed by atoms with van der Waals surface area (Å²) < 4.78 is 23.7.